The first-order valence-corrected chi connectivity index (χ1v) is 16.4. The molecule has 0 spiro atoms. The number of nitrogens with one attached hydrogen (secondary N) is 1. The number of para-hydroxylation sites is 1. The van der Waals surface area contributed by atoms with E-state index < -0.39 is 28.5 Å². The number of carbonyl (C=O) groups is 2. The van der Waals surface area contributed by atoms with Crippen molar-refractivity contribution in [2.45, 2.75) is 71.0 Å². The van der Waals surface area contributed by atoms with E-state index in [1.807, 2.05) is 68.4 Å². The molecule has 224 valence electrons. The number of ether oxygens (including phenoxy) is 1. The summed E-state index contributed by atoms with van der Waals surface area (Å²) in [6.45, 7) is 3.61. The lowest BCUT2D eigenvalue weighted by Gasteiger charge is -2.34. The van der Waals surface area contributed by atoms with Gasteiger partial charge in [0.1, 0.15) is 24.1 Å². The molecular weight excluding hydrogens is 550 g/mol. The highest BCUT2D eigenvalue weighted by atomic mass is 32.2. The van der Waals surface area contributed by atoms with Crippen LogP contribution in [-0.4, -0.2) is 50.0 Å². The Bertz CT molecular complexity index is 1440. The minimum atomic E-state index is -3.83. The molecule has 1 aliphatic rings. The number of aryl methyl sites for hydroxylation is 1. The van der Waals surface area contributed by atoms with E-state index in [0.29, 0.717) is 23.6 Å². The lowest BCUT2D eigenvalue weighted by atomic mass is 9.95. The molecule has 0 bridgehead atoms. The monoisotopic (exact) mass is 591 g/mol. The summed E-state index contributed by atoms with van der Waals surface area (Å²) in [5.74, 6) is 0.552. The molecule has 1 atom stereocenters. The van der Waals surface area contributed by atoms with Crippen molar-refractivity contribution in [3.8, 4) is 11.5 Å². The fourth-order valence-corrected chi connectivity index (χ4v) is 6.24. The van der Waals surface area contributed by atoms with Gasteiger partial charge in [0.25, 0.3) is 0 Å². The number of hydrogen-bond donors (Lipinski definition) is 1. The summed E-state index contributed by atoms with van der Waals surface area (Å²) in [6.07, 6.45) is 6.66. The first-order valence-electron chi connectivity index (χ1n) is 14.6. The molecule has 0 aliphatic heterocycles. The average molecular weight is 592 g/mol. The Balaban J connectivity index is 1.58. The third kappa shape index (κ3) is 8.58. The Labute approximate surface area is 249 Å². The van der Waals surface area contributed by atoms with Gasteiger partial charge in [-0.25, -0.2) is 8.42 Å². The molecule has 0 heterocycles. The average Bonchev–Trinajstić information content (AvgIpc) is 2.97. The maximum atomic E-state index is 14.0. The maximum absolute atomic E-state index is 14.0. The number of carbonyl (C=O) groups excluding carboxylic acids is 2. The van der Waals surface area contributed by atoms with E-state index in [-0.39, 0.29) is 18.5 Å². The molecule has 0 radical (unpaired) electrons. The number of anilines is 1. The van der Waals surface area contributed by atoms with Crippen molar-refractivity contribution in [1.29, 1.82) is 0 Å². The molecule has 42 heavy (non-hydrogen) atoms. The summed E-state index contributed by atoms with van der Waals surface area (Å²) >= 11 is 0. The van der Waals surface area contributed by atoms with Crippen LogP contribution in [0.1, 0.15) is 56.6 Å². The Hall–Kier alpha value is -3.85. The van der Waals surface area contributed by atoms with Gasteiger partial charge in [0.05, 0.1) is 11.9 Å². The van der Waals surface area contributed by atoms with Crippen LogP contribution in [0.5, 0.6) is 11.5 Å². The summed E-state index contributed by atoms with van der Waals surface area (Å²) in [4.78, 5) is 29.0. The maximum Gasteiger partial charge on any atom is 0.244 e. The van der Waals surface area contributed by atoms with Gasteiger partial charge in [-0.2, -0.15) is 0 Å². The Morgan fingerprint density at radius 2 is 1.60 bits per heavy atom. The molecule has 1 aliphatic carbocycles. The minimum Gasteiger partial charge on any atom is -0.457 e. The van der Waals surface area contributed by atoms with Crippen molar-refractivity contribution < 1.29 is 22.7 Å². The fraction of sp³-hybridized carbons (Fsp3) is 0.394. The Morgan fingerprint density at radius 1 is 0.929 bits per heavy atom. The van der Waals surface area contributed by atoms with Crippen LogP contribution in [0.3, 0.4) is 0 Å². The first kappa shape index (κ1) is 31.1. The topological polar surface area (TPSA) is 96.0 Å². The predicted molar refractivity (Wildman–Crippen MR) is 166 cm³/mol. The lowest BCUT2D eigenvalue weighted by molar-refractivity contribution is -0.140. The quantitative estimate of drug-likeness (QED) is 0.287. The number of benzene rings is 3. The summed E-state index contributed by atoms with van der Waals surface area (Å²) in [5, 5.41) is 3.17. The van der Waals surface area contributed by atoms with Crippen molar-refractivity contribution in [3.63, 3.8) is 0 Å². The highest BCUT2D eigenvalue weighted by Crippen LogP contribution is 2.26. The molecule has 2 amide bonds. The standard InChI is InChI=1S/C33H41N3O5S/c1-4-31(33(38)34-27-14-7-5-8-15-27)35(23-26-13-11-12-25(2)22-26)32(37)24-36(42(3,39)40)28-18-20-30(21-19-28)41-29-16-9-6-10-17-29/h6,9-13,16-22,27,31H,4-5,7-8,14-15,23-24H2,1-3H3,(H,34,38)/t31-/m1/s1. The first-order chi connectivity index (χ1) is 20.1. The van der Waals surface area contributed by atoms with Gasteiger partial charge in [0, 0.05) is 12.6 Å². The van der Waals surface area contributed by atoms with Crippen LogP contribution in [0.15, 0.2) is 78.9 Å². The van der Waals surface area contributed by atoms with E-state index in [1.54, 1.807) is 24.3 Å². The fourth-order valence-electron chi connectivity index (χ4n) is 5.39. The summed E-state index contributed by atoms with van der Waals surface area (Å²) < 4.78 is 32.8. The summed E-state index contributed by atoms with van der Waals surface area (Å²) in [6, 6.07) is 23.0. The largest absolute Gasteiger partial charge is 0.457 e. The predicted octanol–water partition coefficient (Wildman–Crippen LogP) is 5.81. The molecule has 4 rings (SSSR count). The van der Waals surface area contributed by atoms with Crippen molar-refractivity contribution in [1.82, 2.24) is 10.2 Å². The number of nitrogens with zero attached hydrogens (tertiary/aromatic N) is 2. The van der Waals surface area contributed by atoms with Gasteiger partial charge < -0.3 is 15.0 Å². The van der Waals surface area contributed by atoms with Crippen molar-refractivity contribution >= 4 is 27.5 Å². The van der Waals surface area contributed by atoms with Crippen molar-refractivity contribution in [3.05, 3.63) is 90.0 Å². The molecule has 1 fully saturated rings. The SMILES string of the molecule is CC[C@H](C(=O)NC1CCCCC1)N(Cc1cccc(C)c1)C(=O)CN(c1ccc(Oc2ccccc2)cc1)S(C)(=O)=O. The number of amides is 2. The smallest absolute Gasteiger partial charge is 0.244 e. The van der Waals surface area contributed by atoms with Crippen molar-refractivity contribution in [2.75, 3.05) is 17.1 Å². The second kappa shape index (κ2) is 14.4. The van der Waals surface area contributed by atoms with E-state index in [1.165, 1.54) is 11.3 Å². The normalized spacial score (nSPS) is 14.5. The van der Waals surface area contributed by atoms with E-state index in [0.717, 1.165) is 47.4 Å². The zero-order valence-corrected chi connectivity index (χ0v) is 25.5. The number of sulfonamides is 1. The minimum absolute atomic E-state index is 0.0976. The molecule has 3 aromatic carbocycles. The Morgan fingerprint density at radius 3 is 2.21 bits per heavy atom. The Kier molecular flexibility index (Phi) is 10.6. The van der Waals surface area contributed by atoms with E-state index >= 15 is 0 Å². The van der Waals surface area contributed by atoms with Crippen LogP contribution in [0, 0.1) is 6.92 Å². The summed E-state index contributed by atoms with van der Waals surface area (Å²) in [5.41, 5.74) is 2.25. The van der Waals surface area contributed by atoms with E-state index in [4.69, 9.17) is 4.74 Å². The van der Waals surface area contributed by atoms with Crippen molar-refractivity contribution in [2.24, 2.45) is 0 Å². The third-order valence-corrected chi connectivity index (χ3v) is 8.70. The number of rotatable bonds is 12. The molecule has 1 N–H and O–H groups in total. The van der Waals surface area contributed by atoms with Gasteiger partial charge in [0.15, 0.2) is 0 Å². The van der Waals surface area contributed by atoms with Crippen LogP contribution in [0.2, 0.25) is 0 Å². The second-order valence-electron chi connectivity index (χ2n) is 11.0. The molecule has 9 heteroatoms. The van der Waals surface area contributed by atoms with Gasteiger partial charge in [0.2, 0.25) is 21.8 Å². The van der Waals surface area contributed by atoms with Crippen LogP contribution in [0.4, 0.5) is 5.69 Å². The lowest BCUT2D eigenvalue weighted by Crippen LogP contribution is -2.53. The zero-order valence-electron chi connectivity index (χ0n) is 24.7. The molecular formula is C33H41N3O5S. The zero-order chi connectivity index (χ0) is 30.1. The molecule has 1 saturated carbocycles. The highest BCUT2D eigenvalue weighted by Gasteiger charge is 2.32. The van der Waals surface area contributed by atoms with Gasteiger partial charge in [-0.15, -0.1) is 0 Å². The number of hydrogen-bond acceptors (Lipinski definition) is 5. The van der Waals surface area contributed by atoms with E-state index in [2.05, 4.69) is 5.32 Å². The third-order valence-electron chi connectivity index (χ3n) is 7.56. The molecule has 0 unspecified atom stereocenters. The van der Waals surface area contributed by atoms with E-state index in [9.17, 15) is 18.0 Å². The van der Waals surface area contributed by atoms with Crippen LogP contribution >= 0.6 is 0 Å². The second-order valence-corrected chi connectivity index (χ2v) is 12.9. The van der Waals surface area contributed by atoms with Gasteiger partial charge in [-0.1, -0.05) is 74.2 Å². The molecule has 0 aromatic heterocycles. The van der Waals surface area contributed by atoms with Gasteiger partial charge in [-0.05, 0) is 68.1 Å². The molecule has 0 saturated heterocycles. The summed E-state index contributed by atoms with van der Waals surface area (Å²) in [7, 11) is -3.83. The van der Waals surface area contributed by atoms with Gasteiger partial charge >= 0.3 is 0 Å². The molecule has 3 aromatic rings. The van der Waals surface area contributed by atoms with Crippen LogP contribution in [-0.2, 0) is 26.2 Å². The highest BCUT2D eigenvalue weighted by molar-refractivity contribution is 7.92. The molecule has 8 nitrogen and oxygen atoms in total. The van der Waals surface area contributed by atoms with Crippen LogP contribution < -0.4 is 14.4 Å². The van der Waals surface area contributed by atoms with Crippen LogP contribution in [0.25, 0.3) is 0 Å². The van der Waals surface area contributed by atoms with Gasteiger partial charge in [-0.3, -0.25) is 13.9 Å².